The van der Waals surface area contributed by atoms with Crippen LogP contribution in [0.1, 0.15) is 16.9 Å². The number of anilines is 1. The number of aromatic nitrogens is 1. The van der Waals surface area contributed by atoms with Crippen molar-refractivity contribution in [1.82, 2.24) is 20.7 Å². The molecule has 25 heavy (non-hydrogen) atoms. The van der Waals surface area contributed by atoms with E-state index in [0.29, 0.717) is 18.2 Å². The highest BCUT2D eigenvalue weighted by Gasteiger charge is 2.24. The molecule has 0 saturated carbocycles. The summed E-state index contributed by atoms with van der Waals surface area (Å²) in [6.45, 7) is 4.39. The van der Waals surface area contributed by atoms with Gasteiger partial charge in [-0.05, 0) is 18.6 Å². The molecular formula is C15H23Cl3FN5O. The number of pyridine rings is 1. The van der Waals surface area contributed by atoms with Crippen molar-refractivity contribution in [2.24, 2.45) is 5.92 Å². The smallest absolute Gasteiger partial charge is 0.284 e. The highest BCUT2D eigenvalue weighted by molar-refractivity contribution is 6.32. The van der Waals surface area contributed by atoms with Crippen molar-refractivity contribution in [2.45, 2.75) is 6.42 Å². The summed E-state index contributed by atoms with van der Waals surface area (Å²) in [5.41, 5.74) is 3.89. The monoisotopic (exact) mass is 413 g/mol. The SMILES string of the molecule is Cl.Cl.O=C(NN1CCC(CF)C1)c1ccc(N2CCNCC2)c(Cl)n1. The molecule has 0 bridgehead atoms. The Morgan fingerprint density at radius 1 is 1.32 bits per heavy atom. The first-order valence-corrected chi connectivity index (χ1v) is 8.29. The van der Waals surface area contributed by atoms with Crippen LogP contribution in [-0.4, -0.2) is 61.8 Å². The van der Waals surface area contributed by atoms with Gasteiger partial charge in [0, 0.05) is 45.2 Å². The van der Waals surface area contributed by atoms with E-state index < -0.39 is 0 Å². The van der Waals surface area contributed by atoms with Crippen molar-refractivity contribution in [1.29, 1.82) is 0 Å². The second-order valence-electron chi connectivity index (χ2n) is 5.94. The minimum Gasteiger partial charge on any atom is -0.366 e. The van der Waals surface area contributed by atoms with E-state index in [1.807, 2.05) is 6.07 Å². The molecule has 1 atom stereocenters. The van der Waals surface area contributed by atoms with Crippen LogP contribution in [-0.2, 0) is 0 Å². The Morgan fingerprint density at radius 3 is 2.64 bits per heavy atom. The van der Waals surface area contributed by atoms with Crippen molar-refractivity contribution < 1.29 is 9.18 Å². The van der Waals surface area contributed by atoms with E-state index in [1.165, 1.54) is 0 Å². The molecule has 3 rings (SSSR count). The number of piperazine rings is 1. The standard InChI is InChI=1S/C15H21ClFN5O.2ClH/c16-14-13(21-7-4-18-5-8-21)2-1-12(19-14)15(23)20-22-6-3-11(9-17)10-22;;/h1-2,11,18H,3-10H2,(H,20,23);2*1H. The maximum atomic E-state index is 12.6. The van der Waals surface area contributed by atoms with E-state index in [1.54, 1.807) is 11.1 Å². The molecule has 1 amide bonds. The first-order chi connectivity index (χ1) is 11.2. The highest BCUT2D eigenvalue weighted by Crippen LogP contribution is 2.24. The number of alkyl halides is 1. The molecule has 10 heteroatoms. The zero-order valence-corrected chi connectivity index (χ0v) is 16.1. The van der Waals surface area contributed by atoms with Gasteiger partial charge in [-0.15, -0.1) is 24.8 Å². The van der Waals surface area contributed by atoms with Gasteiger partial charge in [-0.2, -0.15) is 0 Å². The quantitative estimate of drug-likeness (QED) is 0.737. The lowest BCUT2D eigenvalue weighted by atomic mass is 10.1. The van der Waals surface area contributed by atoms with Gasteiger partial charge in [-0.3, -0.25) is 14.6 Å². The summed E-state index contributed by atoms with van der Waals surface area (Å²) < 4.78 is 12.6. The normalized spacial score (nSPS) is 20.6. The Kier molecular flexibility index (Phi) is 9.16. The first kappa shape index (κ1) is 22.2. The molecule has 0 aromatic carbocycles. The number of hydrazine groups is 1. The first-order valence-electron chi connectivity index (χ1n) is 7.91. The third-order valence-corrected chi connectivity index (χ3v) is 4.56. The average molecular weight is 415 g/mol. The molecule has 142 valence electrons. The summed E-state index contributed by atoms with van der Waals surface area (Å²) >= 11 is 6.25. The molecule has 0 spiro atoms. The van der Waals surface area contributed by atoms with Crippen LogP contribution in [0.5, 0.6) is 0 Å². The molecule has 1 aromatic rings. The summed E-state index contributed by atoms with van der Waals surface area (Å²) in [6.07, 6.45) is 0.757. The Labute approximate surface area is 164 Å². The molecule has 2 aliphatic rings. The number of rotatable bonds is 4. The van der Waals surface area contributed by atoms with Gasteiger partial charge in [0.2, 0.25) is 0 Å². The van der Waals surface area contributed by atoms with Gasteiger partial charge < -0.3 is 10.2 Å². The molecule has 0 aliphatic carbocycles. The zero-order chi connectivity index (χ0) is 16.2. The van der Waals surface area contributed by atoms with Gasteiger partial charge >= 0.3 is 0 Å². The van der Waals surface area contributed by atoms with Crippen molar-refractivity contribution in [3.8, 4) is 0 Å². The maximum absolute atomic E-state index is 12.6. The summed E-state index contributed by atoms with van der Waals surface area (Å²) in [7, 11) is 0. The third kappa shape index (κ3) is 5.56. The van der Waals surface area contributed by atoms with Gasteiger partial charge in [0.1, 0.15) is 5.69 Å². The lowest BCUT2D eigenvalue weighted by Crippen LogP contribution is -2.44. The Bertz CT molecular complexity index is 574. The summed E-state index contributed by atoms with van der Waals surface area (Å²) in [5, 5.41) is 5.36. The van der Waals surface area contributed by atoms with E-state index in [4.69, 9.17) is 11.6 Å². The van der Waals surface area contributed by atoms with E-state index in [-0.39, 0.29) is 49.0 Å². The van der Waals surface area contributed by atoms with Gasteiger partial charge in [0.15, 0.2) is 5.15 Å². The van der Waals surface area contributed by atoms with Crippen LogP contribution in [0.2, 0.25) is 5.15 Å². The number of halogens is 4. The van der Waals surface area contributed by atoms with Crippen LogP contribution in [0.25, 0.3) is 0 Å². The van der Waals surface area contributed by atoms with E-state index in [2.05, 4.69) is 20.6 Å². The summed E-state index contributed by atoms with van der Waals surface area (Å²) in [6, 6.07) is 3.52. The van der Waals surface area contributed by atoms with Gasteiger partial charge in [-0.25, -0.2) is 9.99 Å². The number of carbonyl (C=O) groups excluding carboxylic acids is 1. The van der Waals surface area contributed by atoms with Crippen LogP contribution in [0.3, 0.4) is 0 Å². The molecule has 0 radical (unpaired) electrons. The number of nitrogens with one attached hydrogen (secondary N) is 2. The van der Waals surface area contributed by atoms with Crippen LogP contribution < -0.4 is 15.6 Å². The lowest BCUT2D eigenvalue weighted by Gasteiger charge is -2.29. The van der Waals surface area contributed by atoms with Crippen LogP contribution in [0.4, 0.5) is 10.1 Å². The Hall–Kier alpha value is -0.860. The van der Waals surface area contributed by atoms with Gasteiger partial charge in [0.25, 0.3) is 5.91 Å². The average Bonchev–Trinajstić information content (AvgIpc) is 3.03. The predicted octanol–water partition coefficient (Wildman–Crippen LogP) is 1.92. The van der Waals surface area contributed by atoms with Gasteiger partial charge in [-0.1, -0.05) is 11.6 Å². The minimum atomic E-state index is -0.351. The van der Waals surface area contributed by atoms with Crippen LogP contribution in [0.15, 0.2) is 12.1 Å². The van der Waals surface area contributed by atoms with E-state index in [9.17, 15) is 9.18 Å². The van der Waals surface area contributed by atoms with Crippen molar-refractivity contribution in [2.75, 3.05) is 50.8 Å². The lowest BCUT2D eigenvalue weighted by molar-refractivity contribution is 0.0813. The van der Waals surface area contributed by atoms with Crippen LogP contribution >= 0.6 is 36.4 Å². The van der Waals surface area contributed by atoms with E-state index in [0.717, 1.165) is 38.3 Å². The van der Waals surface area contributed by atoms with E-state index >= 15 is 0 Å². The maximum Gasteiger partial charge on any atom is 0.284 e. The topological polar surface area (TPSA) is 60.5 Å². The number of hydrogen-bond acceptors (Lipinski definition) is 5. The minimum absolute atomic E-state index is 0. The second-order valence-corrected chi connectivity index (χ2v) is 6.30. The molecule has 3 heterocycles. The number of nitrogens with zero attached hydrogens (tertiary/aromatic N) is 3. The fourth-order valence-corrected chi connectivity index (χ4v) is 3.23. The summed E-state index contributed by atoms with van der Waals surface area (Å²) in [5.74, 6) is -0.305. The molecular weight excluding hydrogens is 392 g/mol. The zero-order valence-electron chi connectivity index (χ0n) is 13.7. The van der Waals surface area contributed by atoms with Crippen molar-refractivity contribution in [3.63, 3.8) is 0 Å². The Balaban J connectivity index is 0.00000156. The number of carbonyl (C=O) groups is 1. The second kappa shape index (κ2) is 10.3. The molecule has 2 aliphatic heterocycles. The number of hydrogen-bond donors (Lipinski definition) is 2. The molecule has 1 unspecified atom stereocenters. The highest BCUT2D eigenvalue weighted by atomic mass is 35.5. The third-order valence-electron chi connectivity index (χ3n) is 4.28. The predicted molar refractivity (Wildman–Crippen MR) is 102 cm³/mol. The van der Waals surface area contributed by atoms with Gasteiger partial charge in [0.05, 0.1) is 12.4 Å². The molecule has 2 saturated heterocycles. The fourth-order valence-electron chi connectivity index (χ4n) is 2.96. The summed E-state index contributed by atoms with van der Waals surface area (Å²) in [4.78, 5) is 18.6. The molecule has 2 N–H and O–H groups in total. The Morgan fingerprint density at radius 2 is 2.04 bits per heavy atom. The molecule has 2 fully saturated rings. The van der Waals surface area contributed by atoms with Crippen LogP contribution in [0, 0.1) is 5.92 Å². The largest absolute Gasteiger partial charge is 0.366 e. The number of amides is 1. The molecule has 1 aromatic heterocycles. The molecule has 6 nitrogen and oxygen atoms in total. The fraction of sp³-hybridized carbons (Fsp3) is 0.600. The van der Waals surface area contributed by atoms with Crippen molar-refractivity contribution in [3.05, 3.63) is 23.0 Å². The van der Waals surface area contributed by atoms with Crippen molar-refractivity contribution >= 4 is 48.0 Å².